The Hall–Kier alpha value is -2.52. The van der Waals surface area contributed by atoms with E-state index in [2.05, 4.69) is 36.9 Å². The van der Waals surface area contributed by atoms with Gasteiger partial charge in [-0.05, 0) is 41.8 Å². The summed E-state index contributed by atoms with van der Waals surface area (Å²) in [4.78, 5) is 28.0. The third-order valence-corrected chi connectivity index (χ3v) is 4.36. The standard InChI is InChI=1S/C16H16BrN5O3/c1-8-13-11(3-2-4-12(13)25-14(8)16(24)20-18)21-22-15(23)9-5-10(17)7-19-6-9/h5-7H,2-4,18H2,1H3,(H,20,24)(H,22,23). The number of hydrogen-bond acceptors (Lipinski definition) is 6. The van der Waals surface area contributed by atoms with Gasteiger partial charge in [-0.25, -0.2) is 11.3 Å². The zero-order chi connectivity index (χ0) is 18.0. The Kier molecular flexibility index (Phi) is 4.95. The lowest BCUT2D eigenvalue weighted by atomic mass is 9.93. The summed E-state index contributed by atoms with van der Waals surface area (Å²) in [5, 5.41) is 4.24. The van der Waals surface area contributed by atoms with Crippen molar-refractivity contribution in [2.24, 2.45) is 10.9 Å². The molecule has 2 amide bonds. The van der Waals surface area contributed by atoms with E-state index in [0.29, 0.717) is 39.9 Å². The third kappa shape index (κ3) is 3.47. The number of hydrazone groups is 1. The zero-order valence-electron chi connectivity index (χ0n) is 13.4. The number of aromatic nitrogens is 1. The van der Waals surface area contributed by atoms with Gasteiger partial charge in [0.15, 0.2) is 5.76 Å². The van der Waals surface area contributed by atoms with Crippen LogP contribution >= 0.6 is 15.9 Å². The Morgan fingerprint density at radius 2 is 2.12 bits per heavy atom. The number of pyridine rings is 1. The molecule has 9 heteroatoms. The van der Waals surface area contributed by atoms with Crippen molar-refractivity contribution in [3.05, 3.63) is 51.1 Å². The van der Waals surface area contributed by atoms with E-state index in [9.17, 15) is 9.59 Å². The summed E-state index contributed by atoms with van der Waals surface area (Å²) in [6.07, 6.45) is 5.25. The van der Waals surface area contributed by atoms with E-state index in [1.807, 2.05) is 0 Å². The fraction of sp³-hybridized carbons (Fsp3) is 0.250. The lowest BCUT2D eigenvalue weighted by Gasteiger charge is -2.13. The number of nitrogens with zero attached hydrogens (tertiary/aromatic N) is 2. The predicted octanol–water partition coefficient (Wildman–Crippen LogP) is 1.82. The van der Waals surface area contributed by atoms with E-state index in [0.717, 1.165) is 12.0 Å². The van der Waals surface area contributed by atoms with Gasteiger partial charge in [-0.2, -0.15) is 5.10 Å². The number of nitrogens with one attached hydrogen (secondary N) is 2. The molecule has 0 atom stereocenters. The Balaban J connectivity index is 1.87. The third-order valence-electron chi connectivity index (χ3n) is 3.92. The second-order valence-corrected chi connectivity index (χ2v) is 6.49. The number of hydrazine groups is 1. The molecule has 0 unspecified atom stereocenters. The van der Waals surface area contributed by atoms with Crippen molar-refractivity contribution in [1.29, 1.82) is 0 Å². The first-order valence-electron chi connectivity index (χ1n) is 7.62. The molecule has 2 aromatic heterocycles. The number of nitrogen functional groups attached to an aromatic ring is 1. The number of rotatable bonds is 3. The van der Waals surface area contributed by atoms with Gasteiger partial charge in [-0.15, -0.1) is 0 Å². The van der Waals surface area contributed by atoms with E-state index >= 15 is 0 Å². The van der Waals surface area contributed by atoms with Crippen molar-refractivity contribution < 1.29 is 14.0 Å². The Bertz CT molecular complexity index is 875. The monoisotopic (exact) mass is 405 g/mol. The van der Waals surface area contributed by atoms with Crippen LogP contribution in [0.15, 0.2) is 32.5 Å². The highest BCUT2D eigenvalue weighted by Gasteiger charge is 2.27. The molecule has 4 N–H and O–H groups in total. The zero-order valence-corrected chi connectivity index (χ0v) is 15.0. The number of furan rings is 1. The second kappa shape index (κ2) is 7.16. The molecule has 0 radical (unpaired) electrons. The topological polar surface area (TPSA) is 123 Å². The predicted molar refractivity (Wildman–Crippen MR) is 94.0 cm³/mol. The molecular weight excluding hydrogens is 390 g/mol. The average molecular weight is 406 g/mol. The van der Waals surface area contributed by atoms with Crippen molar-refractivity contribution in [2.75, 3.05) is 0 Å². The molecule has 0 saturated heterocycles. The Labute approximate surface area is 152 Å². The summed E-state index contributed by atoms with van der Waals surface area (Å²) < 4.78 is 6.33. The fourth-order valence-electron chi connectivity index (χ4n) is 2.78. The van der Waals surface area contributed by atoms with Gasteiger partial charge in [0, 0.05) is 34.4 Å². The van der Waals surface area contributed by atoms with Gasteiger partial charge in [0.25, 0.3) is 5.91 Å². The molecule has 0 spiro atoms. The van der Waals surface area contributed by atoms with Gasteiger partial charge in [-0.3, -0.25) is 20.0 Å². The molecular formula is C16H16BrN5O3. The van der Waals surface area contributed by atoms with E-state index in [-0.39, 0.29) is 11.7 Å². The van der Waals surface area contributed by atoms with E-state index in [1.165, 1.54) is 6.20 Å². The smallest absolute Gasteiger partial charge is 0.301 e. The molecule has 2 aromatic rings. The average Bonchev–Trinajstić information content (AvgIpc) is 2.96. The number of fused-ring (bicyclic) bond motifs is 1. The SMILES string of the molecule is Cc1c(C(=O)NN)oc2c1C(=NNC(=O)c1cncc(Br)c1)CCC2. The largest absolute Gasteiger partial charge is 0.455 e. The van der Waals surface area contributed by atoms with Crippen molar-refractivity contribution in [2.45, 2.75) is 26.2 Å². The fourth-order valence-corrected chi connectivity index (χ4v) is 3.15. The molecule has 0 aromatic carbocycles. The number of aryl methyl sites for hydroxylation is 1. The molecule has 3 rings (SSSR count). The molecule has 2 heterocycles. The van der Waals surface area contributed by atoms with Gasteiger partial charge in [0.2, 0.25) is 0 Å². The van der Waals surface area contributed by atoms with Gasteiger partial charge >= 0.3 is 5.91 Å². The van der Waals surface area contributed by atoms with Gasteiger partial charge < -0.3 is 4.42 Å². The Morgan fingerprint density at radius 1 is 1.32 bits per heavy atom. The van der Waals surface area contributed by atoms with Gasteiger partial charge in [-0.1, -0.05) is 0 Å². The number of carbonyl (C=O) groups is 2. The van der Waals surface area contributed by atoms with Crippen LogP contribution in [0.25, 0.3) is 0 Å². The highest BCUT2D eigenvalue weighted by atomic mass is 79.9. The van der Waals surface area contributed by atoms with Crippen molar-refractivity contribution >= 4 is 33.5 Å². The molecule has 1 aliphatic rings. The first-order chi connectivity index (χ1) is 12.0. The lowest BCUT2D eigenvalue weighted by Crippen LogP contribution is -2.30. The van der Waals surface area contributed by atoms with Crippen molar-refractivity contribution in [3.8, 4) is 0 Å². The number of halogens is 1. The maximum atomic E-state index is 12.2. The van der Waals surface area contributed by atoms with Crippen molar-refractivity contribution in [1.82, 2.24) is 15.8 Å². The number of amides is 2. The van der Waals surface area contributed by atoms with Crippen LogP contribution in [0.2, 0.25) is 0 Å². The molecule has 25 heavy (non-hydrogen) atoms. The molecule has 0 bridgehead atoms. The summed E-state index contributed by atoms with van der Waals surface area (Å²) in [7, 11) is 0. The summed E-state index contributed by atoms with van der Waals surface area (Å²) >= 11 is 3.27. The molecule has 8 nitrogen and oxygen atoms in total. The van der Waals surface area contributed by atoms with E-state index in [1.54, 1.807) is 19.2 Å². The minimum atomic E-state index is -0.490. The molecule has 0 saturated carbocycles. The highest BCUT2D eigenvalue weighted by Crippen LogP contribution is 2.29. The van der Waals surface area contributed by atoms with Crippen LogP contribution in [0.3, 0.4) is 0 Å². The molecule has 0 fully saturated rings. The minimum absolute atomic E-state index is 0.171. The number of nitrogens with two attached hydrogens (primary N) is 1. The molecule has 1 aliphatic carbocycles. The number of carbonyl (C=O) groups excluding carboxylic acids is 2. The lowest BCUT2D eigenvalue weighted by molar-refractivity contribution is 0.0921. The maximum Gasteiger partial charge on any atom is 0.301 e. The van der Waals surface area contributed by atoms with Crippen LogP contribution in [0.4, 0.5) is 0 Å². The van der Waals surface area contributed by atoms with Gasteiger partial charge in [0.05, 0.1) is 11.3 Å². The normalized spacial score (nSPS) is 14.9. The minimum Gasteiger partial charge on any atom is -0.455 e. The van der Waals surface area contributed by atoms with Crippen LogP contribution in [0.5, 0.6) is 0 Å². The van der Waals surface area contributed by atoms with E-state index in [4.69, 9.17) is 10.3 Å². The van der Waals surface area contributed by atoms with Crippen molar-refractivity contribution in [3.63, 3.8) is 0 Å². The van der Waals surface area contributed by atoms with Crippen LogP contribution in [-0.2, 0) is 6.42 Å². The second-order valence-electron chi connectivity index (χ2n) is 5.57. The van der Waals surface area contributed by atoms with Gasteiger partial charge in [0.1, 0.15) is 5.76 Å². The molecule has 0 aliphatic heterocycles. The van der Waals surface area contributed by atoms with Crippen LogP contribution in [0, 0.1) is 6.92 Å². The Morgan fingerprint density at radius 3 is 2.84 bits per heavy atom. The summed E-state index contributed by atoms with van der Waals surface area (Å²) in [6.45, 7) is 1.77. The highest BCUT2D eigenvalue weighted by molar-refractivity contribution is 9.10. The van der Waals surface area contributed by atoms with Crippen LogP contribution in [0.1, 0.15) is 50.6 Å². The van der Waals surface area contributed by atoms with Crippen LogP contribution < -0.4 is 16.7 Å². The first-order valence-corrected chi connectivity index (χ1v) is 8.41. The maximum absolute atomic E-state index is 12.2. The van der Waals surface area contributed by atoms with E-state index < -0.39 is 5.91 Å². The van der Waals surface area contributed by atoms with Crippen LogP contribution in [-0.4, -0.2) is 22.5 Å². The molecule has 130 valence electrons. The summed E-state index contributed by atoms with van der Waals surface area (Å²) in [5.74, 6) is 5.18. The summed E-state index contributed by atoms with van der Waals surface area (Å²) in [5.41, 5.74) is 7.10. The quantitative estimate of drug-likeness (QED) is 0.408. The first kappa shape index (κ1) is 17.3. The number of hydrogen-bond donors (Lipinski definition) is 3. The summed E-state index contributed by atoms with van der Waals surface area (Å²) in [6, 6.07) is 1.65.